The van der Waals surface area contributed by atoms with E-state index in [0.29, 0.717) is 11.8 Å². The van der Waals surface area contributed by atoms with Crippen LogP contribution in [0.5, 0.6) is 0 Å². The molecule has 7 heteroatoms. The van der Waals surface area contributed by atoms with Gasteiger partial charge in [0.25, 0.3) is 0 Å². The predicted molar refractivity (Wildman–Crippen MR) is 360 cm³/mol. The fourth-order valence-corrected chi connectivity index (χ4v) is 14.6. The molecule has 3 aliphatic carbocycles. The number of pyridine rings is 3. The van der Waals surface area contributed by atoms with Crippen LogP contribution < -0.4 is 5.46 Å². The van der Waals surface area contributed by atoms with E-state index in [1.807, 2.05) is 55.0 Å². The van der Waals surface area contributed by atoms with Crippen LogP contribution in [0.2, 0.25) is 0 Å². The molecule has 12 aromatic rings. The van der Waals surface area contributed by atoms with Crippen molar-refractivity contribution in [2.45, 2.75) is 66.1 Å². The SMILES string of the molecule is Cc1cc(-c2[c-]cc(-c3ccccc3-c3cc(-c4ccccc4-c4c[c-]c(-c5ccccn5)cc4C)cc(-c4ccccc4-c4c[c-]c(-c5ccccn5)cc4C)c3)c(B3O[C@@H]4[C@@H]5CC(C[C@]4(C)O3)C5(C)C)c2)ncc1-c1cccc(-c2ccccc2)c1.[Ir+3]. The Kier molecular flexibility index (Phi) is 15.3. The van der Waals surface area contributed by atoms with Crippen LogP contribution in [-0.4, -0.2) is 33.8 Å². The van der Waals surface area contributed by atoms with Crippen molar-refractivity contribution in [1.29, 1.82) is 0 Å². The molecule has 89 heavy (non-hydrogen) atoms. The van der Waals surface area contributed by atoms with Gasteiger partial charge in [0, 0.05) is 24.2 Å². The molecule has 4 aliphatic rings. The molecule has 0 radical (unpaired) electrons. The Bertz CT molecular complexity index is 4490. The van der Waals surface area contributed by atoms with E-state index >= 15 is 0 Å². The van der Waals surface area contributed by atoms with Crippen molar-refractivity contribution in [2.24, 2.45) is 17.3 Å². The Balaban J connectivity index is 0.00000694. The molecule has 0 N–H and O–H groups in total. The summed E-state index contributed by atoms with van der Waals surface area (Å²) in [6.45, 7) is 13.7. The fraction of sp³-hybridized carbons (Fsp3) is 0.159. The largest absolute Gasteiger partial charge is 3.00 e. The number of benzene rings is 9. The summed E-state index contributed by atoms with van der Waals surface area (Å²) in [5.74, 6) is 1.01. The summed E-state index contributed by atoms with van der Waals surface area (Å²) in [7, 11) is -0.614. The third kappa shape index (κ3) is 10.6. The molecule has 2 bridgehead atoms. The molecule has 0 amide bonds. The topological polar surface area (TPSA) is 57.1 Å². The third-order valence-electron chi connectivity index (χ3n) is 19.4. The van der Waals surface area contributed by atoms with Crippen LogP contribution in [-0.2, 0) is 29.4 Å². The zero-order valence-electron chi connectivity index (χ0n) is 50.8. The number of nitrogens with zero attached hydrogens (tertiary/aromatic N) is 3. The van der Waals surface area contributed by atoms with Gasteiger partial charge >= 0.3 is 27.2 Å². The number of aryl methyl sites for hydroxylation is 3. The maximum Gasteiger partial charge on any atom is 3.00 e. The van der Waals surface area contributed by atoms with Crippen molar-refractivity contribution in [3.8, 4) is 123 Å². The van der Waals surface area contributed by atoms with Crippen molar-refractivity contribution in [1.82, 2.24) is 15.0 Å². The maximum absolute atomic E-state index is 7.37. The molecule has 9 aromatic carbocycles. The molecular weight excluding hydrogens is 1260 g/mol. The number of aromatic nitrogens is 3. The van der Waals surface area contributed by atoms with Gasteiger partial charge in [0.1, 0.15) is 0 Å². The average Bonchev–Trinajstić information content (AvgIpc) is 1.63. The molecule has 5 nitrogen and oxygen atoms in total. The van der Waals surface area contributed by atoms with Gasteiger partial charge in [-0.2, -0.15) is 0 Å². The first-order chi connectivity index (χ1) is 42.9. The standard InChI is InChI=1S/C82H65BN3O2.Ir/c1-52-41-58(77-31-16-18-39-84-77)33-36-65(52)70-28-13-10-25-67(70)61-45-62(68-26-11-14-29-71(68)66-37-34-59(42-53(66)2)78-32-17-19-40-85-78)47-63(46-61)69-27-12-15-30-72(69)73-38-35-60(48-76(73)83-87-80-75-49-64(81(75,4)5)50-82(80,6)88-83)79-43-54(3)74(51-86-79)57-24-20-23-56(44-57)55-21-8-7-9-22-55;/h7-32,36-48,51,64,75,80H,49-50H2,1-6H3;/q-3;+3/t64?,75-,80+,82-;/m0./s1. The second-order valence-corrected chi connectivity index (χ2v) is 25.2. The van der Waals surface area contributed by atoms with E-state index in [1.165, 1.54) is 17.5 Å². The molecule has 3 saturated carbocycles. The summed E-state index contributed by atoms with van der Waals surface area (Å²) in [6, 6.07) is 91.1. The van der Waals surface area contributed by atoms with Gasteiger partial charge in [-0.1, -0.05) is 218 Å². The van der Waals surface area contributed by atoms with Crippen LogP contribution in [0.1, 0.15) is 50.3 Å². The van der Waals surface area contributed by atoms with Gasteiger partial charge in [0.05, 0.1) is 11.7 Å². The Labute approximate surface area is 537 Å². The van der Waals surface area contributed by atoms with Crippen molar-refractivity contribution in [3.05, 3.63) is 278 Å². The van der Waals surface area contributed by atoms with Gasteiger partial charge in [-0.15, -0.1) is 82.4 Å². The van der Waals surface area contributed by atoms with Gasteiger partial charge in [-0.3, -0.25) is 0 Å². The molecule has 4 atom stereocenters. The smallest absolute Gasteiger partial charge is 0.402 e. The summed E-state index contributed by atoms with van der Waals surface area (Å²) in [4.78, 5) is 14.5. The molecule has 432 valence electrons. The van der Waals surface area contributed by atoms with Gasteiger partial charge < -0.3 is 24.3 Å². The van der Waals surface area contributed by atoms with E-state index in [9.17, 15) is 0 Å². The summed E-state index contributed by atoms with van der Waals surface area (Å²) in [6.07, 6.45) is 7.81. The van der Waals surface area contributed by atoms with E-state index in [2.05, 4.69) is 258 Å². The minimum Gasteiger partial charge on any atom is -0.402 e. The van der Waals surface area contributed by atoms with E-state index in [1.54, 1.807) is 0 Å². The third-order valence-corrected chi connectivity index (χ3v) is 19.4. The summed E-state index contributed by atoms with van der Waals surface area (Å²) in [5, 5.41) is 0. The normalized spacial score (nSPS) is 18.0. The first-order valence-corrected chi connectivity index (χ1v) is 30.8. The minimum atomic E-state index is -0.614. The first-order valence-electron chi connectivity index (χ1n) is 30.8. The van der Waals surface area contributed by atoms with Crippen molar-refractivity contribution < 1.29 is 29.4 Å². The average molecular weight is 1330 g/mol. The first kappa shape index (κ1) is 57.8. The molecule has 3 aromatic heterocycles. The van der Waals surface area contributed by atoms with E-state index in [4.69, 9.17) is 14.3 Å². The summed E-state index contributed by atoms with van der Waals surface area (Å²) in [5.41, 5.74) is 27.4. The zero-order chi connectivity index (χ0) is 59.7. The Hall–Kier alpha value is -8.94. The Morgan fingerprint density at radius 2 is 0.876 bits per heavy atom. The van der Waals surface area contributed by atoms with Crippen LogP contribution >= 0.6 is 0 Å². The maximum atomic E-state index is 7.37. The van der Waals surface area contributed by atoms with E-state index in [-0.39, 0.29) is 31.6 Å². The fourth-order valence-electron chi connectivity index (χ4n) is 14.6. The molecule has 4 fully saturated rings. The predicted octanol–water partition coefficient (Wildman–Crippen LogP) is 19.5. The van der Waals surface area contributed by atoms with Crippen LogP contribution in [0.4, 0.5) is 0 Å². The molecular formula is C82H65BIrN3O2. The molecule has 16 rings (SSSR count). The molecule has 4 heterocycles. The van der Waals surface area contributed by atoms with E-state index < -0.39 is 12.7 Å². The zero-order valence-corrected chi connectivity index (χ0v) is 53.2. The van der Waals surface area contributed by atoms with Gasteiger partial charge in [-0.25, -0.2) is 0 Å². The Morgan fingerprint density at radius 1 is 0.416 bits per heavy atom. The summed E-state index contributed by atoms with van der Waals surface area (Å²) >= 11 is 0. The minimum absolute atomic E-state index is 0. The van der Waals surface area contributed by atoms with Crippen LogP contribution in [0, 0.1) is 56.2 Å². The Morgan fingerprint density at radius 3 is 1.39 bits per heavy atom. The van der Waals surface area contributed by atoms with E-state index in [0.717, 1.165) is 140 Å². The molecule has 0 spiro atoms. The summed E-state index contributed by atoms with van der Waals surface area (Å²) < 4.78 is 14.7. The molecule has 1 unspecified atom stereocenters. The quantitative estimate of drug-likeness (QED) is 0.0901. The van der Waals surface area contributed by atoms with Crippen molar-refractivity contribution in [3.63, 3.8) is 0 Å². The van der Waals surface area contributed by atoms with Crippen molar-refractivity contribution >= 4 is 12.6 Å². The second-order valence-electron chi connectivity index (χ2n) is 25.2. The van der Waals surface area contributed by atoms with Crippen LogP contribution in [0.3, 0.4) is 0 Å². The van der Waals surface area contributed by atoms with Gasteiger partial charge in [-0.05, 0) is 153 Å². The monoisotopic (exact) mass is 1330 g/mol. The van der Waals surface area contributed by atoms with Gasteiger partial charge in [0.2, 0.25) is 0 Å². The number of hydrogen-bond donors (Lipinski definition) is 0. The van der Waals surface area contributed by atoms with Crippen molar-refractivity contribution in [2.75, 3.05) is 0 Å². The van der Waals surface area contributed by atoms with Crippen LogP contribution in [0.25, 0.3) is 123 Å². The number of hydrogen-bond acceptors (Lipinski definition) is 5. The molecule has 1 saturated heterocycles. The van der Waals surface area contributed by atoms with Gasteiger partial charge in [0.15, 0.2) is 0 Å². The molecule has 1 aliphatic heterocycles. The number of rotatable bonds is 12. The second kappa shape index (κ2) is 23.5. The van der Waals surface area contributed by atoms with Crippen LogP contribution in [0.15, 0.2) is 243 Å².